The number of carboxylic acid groups (broad SMARTS) is 1. The minimum Gasteiger partial charge on any atom is -0.477 e. The van der Waals surface area contributed by atoms with E-state index in [4.69, 9.17) is 5.11 Å². The normalized spacial score (nSPS) is 11.3. The van der Waals surface area contributed by atoms with Crippen LogP contribution in [0.4, 0.5) is 5.82 Å². The van der Waals surface area contributed by atoms with Crippen molar-refractivity contribution in [3.63, 3.8) is 0 Å². The number of nitrogens with one attached hydrogen (secondary N) is 2. The highest BCUT2D eigenvalue weighted by Gasteiger charge is 2.17. The summed E-state index contributed by atoms with van der Waals surface area (Å²) in [6.07, 6.45) is 0. The molecule has 0 radical (unpaired) electrons. The Kier molecular flexibility index (Phi) is 3.82. The maximum atomic E-state index is 12.1. The summed E-state index contributed by atoms with van der Waals surface area (Å²) in [7, 11) is -3.81. The fraction of sp³-hybridized carbons (Fsp3) is 0.0909. The van der Waals surface area contributed by atoms with Gasteiger partial charge in [0.25, 0.3) is 10.0 Å². The molecular weight excluding hydrogens is 350 g/mol. The summed E-state index contributed by atoms with van der Waals surface area (Å²) in [5.74, 6) is -1.30. The number of aromatic carboxylic acids is 1. The Morgan fingerprint density at radius 2 is 2.10 bits per heavy atom. The summed E-state index contributed by atoms with van der Waals surface area (Å²) < 4.78 is 27.2. The van der Waals surface area contributed by atoms with Gasteiger partial charge >= 0.3 is 5.97 Å². The molecule has 1 heterocycles. The second-order valence-corrected chi connectivity index (χ2v) is 6.53. The molecule has 106 valence electrons. The lowest BCUT2D eigenvalue weighted by atomic mass is 10.2. The second kappa shape index (κ2) is 5.25. The zero-order chi connectivity index (χ0) is 14.9. The molecule has 0 amide bonds. The standard InChI is InChI=1S/C11H10BrN3O4S/c1-6-4-7(2-3-8(6)12)20(18,19)15-10-5-9(11(16)17)13-14-10/h2-5H,1H3,(H,16,17)(H2,13,14,15). The van der Waals surface area contributed by atoms with Gasteiger partial charge in [0.1, 0.15) is 5.69 Å². The van der Waals surface area contributed by atoms with Crippen LogP contribution in [0.25, 0.3) is 0 Å². The summed E-state index contributed by atoms with van der Waals surface area (Å²) in [5, 5.41) is 14.5. The van der Waals surface area contributed by atoms with E-state index in [1.807, 2.05) is 0 Å². The zero-order valence-corrected chi connectivity index (χ0v) is 12.6. The van der Waals surface area contributed by atoms with Crippen LogP contribution in [0.5, 0.6) is 0 Å². The average molecular weight is 360 g/mol. The number of H-pyrrole nitrogens is 1. The van der Waals surface area contributed by atoms with E-state index in [1.165, 1.54) is 12.1 Å². The van der Waals surface area contributed by atoms with Crippen LogP contribution in [0.15, 0.2) is 33.6 Å². The van der Waals surface area contributed by atoms with Crippen molar-refractivity contribution in [1.82, 2.24) is 10.2 Å². The largest absolute Gasteiger partial charge is 0.477 e. The molecule has 9 heteroatoms. The number of hydrogen-bond acceptors (Lipinski definition) is 4. The number of hydrogen-bond donors (Lipinski definition) is 3. The number of rotatable bonds is 4. The van der Waals surface area contributed by atoms with E-state index in [0.29, 0.717) is 0 Å². The van der Waals surface area contributed by atoms with Crippen molar-refractivity contribution in [3.05, 3.63) is 40.0 Å². The molecule has 0 aliphatic carbocycles. The average Bonchev–Trinajstić information content (AvgIpc) is 2.80. The molecule has 1 aromatic heterocycles. The third-order valence-corrected chi connectivity index (χ3v) is 4.73. The third-order valence-electron chi connectivity index (χ3n) is 2.49. The summed E-state index contributed by atoms with van der Waals surface area (Å²) in [5.41, 5.74) is 0.566. The lowest BCUT2D eigenvalue weighted by Gasteiger charge is -2.06. The van der Waals surface area contributed by atoms with Crippen molar-refractivity contribution in [3.8, 4) is 0 Å². The van der Waals surface area contributed by atoms with Gasteiger partial charge < -0.3 is 5.11 Å². The number of aromatic nitrogens is 2. The van der Waals surface area contributed by atoms with Gasteiger partial charge in [-0.3, -0.25) is 9.82 Å². The van der Waals surface area contributed by atoms with Crippen LogP contribution in [0.1, 0.15) is 16.1 Å². The molecule has 2 rings (SSSR count). The Bertz CT molecular complexity index is 770. The molecule has 0 aliphatic heterocycles. The molecule has 7 nitrogen and oxygen atoms in total. The highest BCUT2D eigenvalue weighted by molar-refractivity contribution is 9.10. The van der Waals surface area contributed by atoms with E-state index in [1.54, 1.807) is 13.0 Å². The number of benzene rings is 1. The summed E-state index contributed by atoms with van der Waals surface area (Å²) >= 11 is 3.28. The molecule has 1 aromatic carbocycles. The fourth-order valence-corrected chi connectivity index (χ4v) is 2.79. The van der Waals surface area contributed by atoms with Crippen LogP contribution in [0.3, 0.4) is 0 Å². The second-order valence-electron chi connectivity index (χ2n) is 3.99. The van der Waals surface area contributed by atoms with Crippen molar-refractivity contribution in [2.75, 3.05) is 4.72 Å². The number of aryl methyl sites for hydroxylation is 1. The predicted octanol–water partition coefficient (Wildman–Crippen LogP) is 1.98. The Morgan fingerprint density at radius 3 is 2.65 bits per heavy atom. The highest BCUT2D eigenvalue weighted by atomic mass is 79.9. The highest BCUT2D eigenvalue weighted by Crippen LogP contribution is 2.21. The van der Waals surface area contributed by atoms with Crippen molar-refractivity contribution in [2.45, 2.75) is 11.8 Å². The van der Waals surface area contributed by atoms with Gasteiger partial charge in [-0.05, 0) is 30.7 Å². The monoisotopic (exact) mass is 359 g/mol. The molecule has 0 spiro atoms. The molecule has 0 fully saturated rings. The third kappa shape index (κ3) is 2.99. The van der Waals surface area contributed by atoms with Crippen LogP contribution < -0.4 is 4.72 Å². The molecule has 2 aromatic rings. The minimum atomic E-state index is -3.81. The lowest BCUT2D eigenvalue weighted by Crippen LogP contribution is -2.13. The number of anilines is 1. The zero-order valence-electron chi connectivity index (χ0n) is 10.2. The predicted molar refractivity (Wildman–Crippen MR) is 75.2 cm³/mol. The van der Waals surface area contributed by atoms with Gasteiger partial charge in [0.15, 0.2) is 5.82 Å². The Hall–Kier alpha value is -1.87. The smallest absolute Gasteiger partial charge is 0.353 e. The number of aromatic amines is 1. The lowest BCUT2D eigenvalue weighted by molar-refractivity contribution is 0.0690. The van der Waals surface area contributed by atoms with Gasteiger partial charge in [0.05, 0.1) is 4.90 Å². The maximum absolute atomic E-state index is 12.1. The molecule has 0 unspecified atom stereocenters. The first-order valence-corrected chi connectivity index (χ1v) is 7.65. The molecule has 0 bridgehead atoms. The van der Waals surface area contributed by atoms with E-state index in [0.717, 1.165) is 16.1 Å². The number of carboxylic acids is 1. The van der Waals surface area contributed by atoms with Crippen LogP contribution in [-0.4, -0.2) is 29.7 Å². The molecule has 3 N–H and O–H groups in total. The van der Waals surface area contributed by atoms with E-state index >= 15 is 0 Å². The van der Waals surface area contributed by atoms with Crippen molar-refractivity contribution in [1.29, 1.82) is 0 Å². The van der Waals surface area contributed by atoms with E-state index < -0.39 is 16.0 Å². The van der Waals surface area contributed by atoms with E-state index in [9.17, 15) is 13.2 Å². The van der Waals surface area contributed by atoms with Crippen LogP contribution in [0, 0.1) is 6.92 Å². The Morgan fingerprint density at radius 1 is 1.40 bits per heavy atom. The van der Waals surface area contributed by atoms with Gasteiger partial charge in [0.2, 0.25) is 0 Å². The van der Waals surface area contributed by atoms with Gasteiger partial charge in [-0.2, -0.15) is 5.10 Å². The summed E-state index contributed by atoms with van der Waals surface area (Å²) in [4.78, 5) is 10.7. The molecule has 0 saturated heterocycles. The number of nitrogens with zero attached hydrogens (tertiary/aromatic N) is 1. The van der Waals surface area contributed by atoms with Gasteiger partial charge in [0, 0.05) is 10.5 Å². The molecule has 20 heavy (non-hydrogen) atoms. The van der Waals surface area contributed by atoms with Crippen molar-refractivity contribution in [2.24, 2.45) is 0 Å². The van der Waals surface area contributed by atoms with Gasteiger partial charge in [-0.25, -0.2) is 13.2 Å². The molecular formula is C11H10BrN3O4S. The summed E-state index contributed by atoms with van der Waals surface area (Å²) in [6, 6.07) is 5.66. The van der Waals surface area contributed by atoms with Crippen LogP contribution in [0.2, 0.25) is 0 Å². The topological polar surface area (TPSA) is 112 Å². The molecule has 0 aliphatic rings. The summed E-state index contributed by atoms with van der Waals surface area (Å²) in [6.45, 7) is 1.76. The first kappa shape index (κ1) is 14.5. The fourth-order valence-electron chi connectivity index (χ4n) is 1.46. The Balaban J connectivity index is 2.30. The van der Waals surface area contributed by atoms with Gasteiger partial charge in [-0.1, -0.05) is 15.9 Å². The molecule has 0 atom stereocenters. The van der Waals surface area contributed by atoms with Gasteiger partial charge in [-0.15, -0.1) is 0 Å². The SMILES string of the molecule is Cc1cc(S(=O)(=O)Nc2cc(C(=O)O)[nH]n2)ccc1Br. The minimum absolute atomic E-state index is 0.0677. The van der Waals surface area contributed by atoms with Crippen molar-refractivity contribution >= 4 is 37.7 Å². The molecule has 0 saturated carbocycles. The Labute approximate surface area is 123 Å². The van der Waals surface area contributed by atoms with Crippen LogP contribution >= 0.6 is 15.9 Å². The first-order valence-electron chi connectivity index (χ1n) is 5.37. The number of halogens is 1. The number of carbonyl (C=O) groups is 1. The quantitative estimate of drug-likeness (QED) is 0.772. The van der Waals surface area contributed by atoms with Crippen LogP contribution in [-0.2, 0) is 10.0 Å². The maximum Gasteiger partial charge on any atom is 0.353 e. The van der Waals surface area contributed by atoms with E-state index in [2.05, 4.69) is 30.8 Å². The number of sulfonamides is 1. The first-order chi connectivity index (χ1) is 9.29. The van der Waals surface area contributed by atoms with E-state index in [-0.39, 0.29) is 16.4 Å². The van der Waals surface area contributed by atoms with Crippen molar-refractivity contribution < 1.29 is 18.3 Å².